The first-order chi connectivity index (χ1) is 6.86. The Morgan fingerprint density at radius 3 is 1.50 bits per heavy atom. The van der Waals surface area contributed by atoms with E-state index in [1.54, 1.807) is 0 Å². The van der Waals surface area contributed by atoms with Crippen LogP contribution in [0.15, 0.2) is 0 Å². The molecule has 2 heteroatoms. The van der Waals surface area contributed by atoms with Gasteiger partial charge >= 0.3 is 0 Å². The SMILES string of the molecule is CO[C@H]1CC[C@@H](OC)[C@H]2CCCC[C@@H]21. The first-order valence-electron chi connectivity index (χ1n) is 5.92. The fourth-order valence-electron chi connectivity index (χ4n) is 3.45. The van der Waals surface area contributed by atoms with Crippen LogP contribution in [-0.4, -0.2) is 26.4 Å². The van der Waals surface area contributed by atoms with E-state index in [1.165, 1.54) is 38.5 Å². The molecule has 2 nitrogen and oxygen atoms in total. The molecule has 82 valence electrons. The molecule has 4 atom stereocenters. The highest BCUT2D eigenvalue weighted by atomic mass is 16.5. The van der Waals surface area contributed by atoms with Gasteiger partial charge in [-0.15, -0.1) is 0 Å². The molecule has 0 heterocycles. The van der Waals surface area contributed by atoms with E-state index in [2.05, 4.69) is 0 Å². The number of hydrogen-bond donors (Lipinski definition) is 0. The molecule has 0 aromatic carbocycles. The van der Waals surface area contributed by atoms with Crippen molar-refractivity contribution < 1.29 is 9.47 Å². The maximum absolute atomic E-state index is 5.60. The lowest BCUT2D eigenvalue weighted by molar-refractivity contribution is -0.0905. The standard InChI is InChI=1S/C12H22O2/c1-13-11-7-8-12(14-2)10-6-4-3-5-9(10)11/h9-12H,3-8H2,1-2H3/t9-,10-,11-,12+/m0/s1. The third-order valence-electron chi connectivity index (χ3n) is 4.17. The largest absolute Gasteiger partial charge is 0.381 e. The fourth-order valence-corrected chi connectivity index (χ4v) is 3.45. The molecule has 2 aliphatic carbocycles. The molecule has 14 heavy (non-hydrogen) atoms. The molecule has 0 N–H and O–H groups in total. The van der Waals surface area contributed by atoms with Crippen molar-refractivity contribution in [3.63, 3.8) is 0 Å². The summed E-state index contributed by atoms with van der Waals surface area (Å²) in [4.78, 5) is 0. The minimum Gasteiger partial charge on any atom is -0.381 e. The van der Waals surface area contributed by atoms with Crippen molar-refractivity contribution in [1.29, 1.82) is 0 Å². The number of hydrogen-bond acceptors (Lipinski definition) is 2. The number of ether oxygens (including phenoxy) is 2. The lowest BCUT2D eigenvalue weighted by atomic mass is 9.68. The van der Waals surface area contributed by atoms with Crippen molar-refractivity contribution >= 4 is 0 Å². The van der Waals surface area contributed by atoms with Crippen LogP contribution in [0.3, 0.4) is 0 Å². The monoisotopic (exact) mass is 198 g/mol. The Morgan fingerprint density at radius 2 is 1.14 bits per heavy atom. The molecule has 0 aliphatic heterocycles. The van der Waals surface area contributed by atoms with Gasteiger partial charge in [-0.05, 0) is 37.5 Å². The Labute approximate surface area is 87.0 Å². The molecule has 2 fully saturated rings. The van der Waals surface area contributed by atoms with Crippen molar-refractivity contribution in [3.8, 4) is 0 Å². The summed E-state index contributed by atoms with van der Waals surface area (Å²) < 4.78 is 11.2. The van der Waals surface area contributed by atoms with Gasteiger partial charge in [0, 0.05) is 14.2 Å². The van der Waals surface area contributed by atoms with Gasteiger partial charge in [-0.25, -0.2) is 0 Å². The van der Waals surface area contributed by atoms with E-state index < -0.39 is 0 Å². The summed E-state index contributed by atoms with van der Waals surface area (Å²) in [6, 6.07) is 0. The predicted octanol–water partition coefficient (Wildman–Crippen LogP) is 2.62. The van der Waals surface area contributed by atoms with Crippen LogP contribution >= 0.6 is 0 Å². The molecule has 0 aromatic rings. The Balaban J connectivity index is 2.05. The lowest BCUT2D eigenvalue weighted by Gasteiger charge is -2.44. The average Bonchev–Trinajstić information content (AvgIpc) is 2.27. The van der Waals surface area contributed by atoms with E-state index in [4.69, 9.17) is 9.47 Å². The second-order valence-corrected chi connectivity index (χ2v) is 4.74. The average molecular weight is 198 g/mol. The molecule has 2 saturated carbocycles. The van der Waals surface area contributed by atoms with Gasteiger partial charge in [-0.2, -0.15) is 0 Å². The summed E-state index contributed by atoms with van der Waals surface area (Å²) in [5.74, 6) is 1.54. The van der Waals surface area contributed by atoms with Gasteiger partial charge < -0.3 is 9.47 Å². The second-order valence-electron chi connectivity index (χ2n) is 4.74. The summed E-state index contributed by atoms with van der Waals surface area (Å²) in [5.41, 5.74) is 0. The fraction of sp³-hybridized carbons (Fsp3) is 1.00. The van der Waals surface area contributed by atoms with Crippen LogP contribution in [0.25, 0.3) is 0 Å². The van der Waals surface area contributed by atoms with Gasteiger partial charge in [0.25, 0.3) is 0 Å². The Morgan fingerprint density at radius 1 is 0.714 bits per heavy atom. The Bertz CT molecular complexity index is 161. The molecule has 0 saturated heterocycles. The summed E-state index contributed by atoms with van der Waals surface area (Å²) in [7, 11) is 3.73. The number of fused-ring (bicyclic) bond motifs is 1. The molecule has 0 aromatic heterocycles. The van der Waals surface area contributed by atoms with E-state index in [-0.39, 0.29) is 0 Å². The van der Waals surface area contributed by atoms with E-state index in [0.29, 0.717) is 12.2 Å². The Hall–Kier alpha value is -0.0800. The van der Waals surface area contributed by atoms with Crippen molar-refractivity contribution in [2.45, 2.75) is 50.7 Å². The van der Waals surface area contributed by atoms with Gasteiger partial charge in [0.15, 0.2) is 0 Å². The zero-order valence-corrected chi connectivity index (χ0v) is 9.37. The molecular formula is C12H22O2. The van der Waals surface area contributed by atoms with Crippen LogP contribution in [0.4, 0.5) is 0 Å². The summed E-state index contributed by atoms with van der Waals surface area (Å²) in [5, 5.41) is 0. The number of rotatable bonds is 2. The Kier molecular flexibility index (Phi) is 3.45. The molecule has 0 bridgehead atoms. The third kappa shape index (κ3) is 1.82. The van der Waals surface area contributed by atoms with Crippen LogP contribution in [-0.2, 0) is 9.47 Å². The molecule has 0 spiro atoms. The maximum Gasteiger partial charge on any atom is 0.0604 e. The van der Waals surface area contributed by atoms with E-state index in [0.717, 1.165) is 11.8 Å². The zero-order chi connectivity index (χ0) is 9.97. The lowest BCUT2D eigenvalue weighted by Crippen LogP contribution is -2.44. The van der Waals surface area contributed by atoms with E-state index in [1.807, 2.05) is 14.2 Å². The minimum atomic E-state index is 0.506. The maximum atomic E-state index is 5.60. The highest BCUT2D eigenvalue weighted by Crippen LogP contribution is 2.42. The van der Waals surface area contributed by atoms with Gasteiger partial charge in [-0.1, -0.05) is 12.8 Å². The highest BCUT2D eigenvalue weighted by molar-refractivity contribution is 4.91. The zero-order valence-electron chi connectivity index (χ0n) is 9.37. The predicted molar refractivity (Wildman–Crippen MR) is 56.3 cm³/mol. The molecule has 0 unspecified atom stereocenters. The van der Waals surface area contributed by atoms with Crippen LogP contribution in [0.5, 0.6) is 0 Å². The summed E-state index contributed by atoms with van der Waals surface area (Å²) in [6.07, 6.45) is 8.87. The molecule has 0 amide bonds. The first kappa shape index (κ1) is 10.4. The van der Waals surface area contributed by atoms with E-state index in [9.17, 15) is 0 Å². The van der Waals surface area contributed by atoms with Crippen LogP contribution < -0.4 is 0 Å². The molecular weight excluding hydrogens is 176 g/mol. The smallest absolute Gasteiger partial charge is 0.0604 e. The first-order valence-corrected chi connectivity index (χ1v) is 5.92. The van der Waals surface area contributed by atoms with Crippen LogP contribution in [0, 0.1) is 11.8 Å². The minimum absolute atomic E-state index is 0.506. The normalized spacial score (nSPS) is 43.3. The van der Waals surface area contributed by atoms with E-state index >= 15 is 0 Å². The van der Waals surface area contributed by atoms with Crippen molar-refractivity contribution in [1.82, 2.24) is 0 Å². The topological polar surface area (TPSA) is 18.5 Å². The summed E-state index contributed by atoms with van der Waals surface area (Å²) >= 11 is 0. The van der Waals surface area contributed by atoms with Crippen molar-refractivity contribution in [3.05, 3.63) is 0 Å². The number of methoxy groups -OCH3 is 2. The molecule has 0 radical (unpaired) electrons. The van der Waals surface area contributed by atoms with Crippen molar-refractivity contribution in [2.75, 3.05) is 14.2 Å². The quantitative estimate of drug-likeness (QED) is 0.679. The third-order valence-corrected chi connectivity index (χ3v) is 4.17. The molecule has 2 rings (SSSR count). The van der Waals surface area contributed by atoms with Crippen molar-refractivity contribution in [2.24, 2.45) is 11.8 Å². The van der Waals surface area contributed by atoms with Crippen LogP contribution in [0.2, 0.25) is 0 Å². The summed E-state index contributed by atoms with van der Waals surface area (Å²) in [6.45, 7) is 0. The highest BCUT2D eigenvalue weighted by Gasteiger charge is 2.40. The van der Waals surface area contributed by atoms with Gasteiger partial charge in [-0.3, -0.25) is 0 Å². The van der Waals surface area contributed by atoms with Gasteiger partial charge in [0.2, 0.25) is 0 Å². The molecule has 2 aliphatic rings. The van der Waals surface area contributed by atoms with Gasteiger partial charge in [0.1, 0.15) is 0 Å². The second kappa shape index (κ2) is 4.63. The van der Waals surface area contributed by atoms with Gasteiger partial charge in [0.05, 0.1) is 12.2 Å². The van der Waals surface area contributed by atoms with Crippen LogP contribution in [0.1, 0.15) is 38.5 Å².